The van der Waals surface area contributed by atoms with Crippen molar-refractivity contribution in [2.24, 2.45) is 0 Å². The van der Waals surface area contributed by atoms with Gasteiger partial charge in [0, 0.05) is 5.39 Å². The van der Waals surface area contributed by atoms with Crippen molar-refractivity contribution in [2.45, 2.75) is 6.61 Å². The predicted molar refractivity (Wildman–Crippen MR) is 77.3 cm³/mol. The smallest absolute Gasteiger partial charge is 0.161 e. The molecule has 2 aromatic carbocycles. The van der Waals surface area contributed by atoms with Crippen molar-refractivity contribution in [3.8, 4) is 17.2 Å². The number of rotatable bonds is 4. The van der Waals surface area contributed by atoms with Crippen molar-refractivity contribution in [1.82, 2.24) is 4.98 Å². The average Bonchev–Trinajstić information content (AvgIpc) is 2.90. The lowest BCUT2D eigenvalue weighted by Crippen LogP contribution is -1.97. The molecule has 0 aliphatic heterocycles. The van der Waals surface area contributed by atoms with Crippen LogP contribution in [0.25, 0.3) is 10.9 Å². The van der Waals surface area contributed by atoms with Gasteiger partial charge in [-0.1, -0.05) is 24.3 Å². The molecule has 2 N–H and O–H groups in total. The minimum Gasteiger partial charge on any atom is -0.506 e. The number of fused-ring (bicyclic) bond motifs is 1. The molecule has 0 aliphatic rings. The molecule has 0 spiro atoms. The third-order valence-electron chi connectivity index (χ3n) is 3.14. The van der Waals surface area contributed by atoms with Crippen LogP contribution in [0.15, 0.2) is 48.5 Å². The number of phenols is 1. The second-order valence-corrected chi connectivity index (χ2v) is 4.48. The predicted octanol–water partition coefficient (Wildman–Crippen LogP) is 3.46. The molecule has 0 amide bonds. The fourth-order valence-corrected chi connectivity index (χ4v) is 2.17. The van der Waals surface area contributed by atoms with Crippen molar-refractivity contribution < 1.29 is 14.6 Å². The fourth-order valence-electron chi connectivity index (χ4n) is 2.17. The van der Waals surface area contributed by atoms with Crippen molar-refractivity contribution in [1.29, 1.82) is 0 Å². The molecular weight excluding hydrogens is 254 g/mol. The first-order valence-electron chi connectivity index (χ1n) is 6.33. The highest BCUT2D eigenvalue weighted by atomic mass is 16.5. The number of aromatic hydroxyl groups is 1. The molecule has 1 aromatic heterocycles. The summed E-state index contributed by atoms with van der Waals surface area (Å²) in [5.74, 6) is 1.63. The minimum atomic E-state index is 0.242. The van der Waals surface area contributed by atoms with E-state index in [4.69, 9.17) is 9.47 Å². The van der Waals surface area contributed by atoms with E-state index in [1.807, 2.05) is 42.5 Å². The molecule has 102 valence electrons. The zero-order chi connectivity index (χ0) is 13.9. The van der Waals surface area contributed by atoms with Gasteiger partial charge in [0.15, 0.2) is 11.5 Å². The van der Waals surface area contributed by atoms with E-state index < -0.39 is 0 Å². The second-order valence-electron chi connectivity index (χ2n) is 4.48. The highest BCUT2D eigenvalue weighted by Gasteiger charge is 2.07. The molecule has 0 saturated carbocycles. The highest BCUT2D eigenvalue weighted by molar-refractivity contribution is 5.85. The van der Waals surface area contributed by atoms with Crippen LogP contribution in [0.3, 0.4) is 0 Å². The van der Waals surface area contributed by atoms with Crippen LogP contribution < -0.4 is 9.47 Å². The Balaban J connectivity index is 1.82. The van der Waals surface area contributed by atoms with Gasteiger partial charge in [0.25, 0.3) is 0 Å². The summed E-state index contributed by atoms with van der Waals surface area (Å²) in [4.78, 5) is 3.16. The van der Waals surface area contributed by atoms with Gasteiger partial charge in [-0.2, -0.15) is 0 Å². The summed E-state index contributed by atoms with van der Waals surface area (Å²) in [6, 6.07) is 14.9. The monoisotopic (exact) mass is 269 g/mol. The molecule has 0 aliphatic carbocycles. The van der Waals surface area contributed by atoms with E-state index in [0.29, 0.717) is 18.1 Å². The van der Waals surface area contributed by atoms with Crippen LogP contribution in [0.4, 0.5) is 0 Å². The summed E-state index contributed by atoms with van der Waals surface area (Å²) in [7, 11) is 1.61. The van der Waals surface area contributed by atoms with Crippen molar-refractivity contribution >= 4 is 10.9 Å². The lowest BCUT2D eigenvalue weighted by molar-refractivity contribution is 0.281. The Labute approximate surface area is 116 Å². The van der Waals surface area contributed by atoms with E-state index in [9.17, 15) is 5.11 Å². The molecule has 0 atom stereocenters. The summed E-state index contributed by atoms with van der Waals surface area (Å²) in [5, 5.41) is 10.7. The molecule has 20 heavy (non-hydrogen) atoms. The molecule has 4 nitrogen and oxygen atoms in total. The summed E-state index contributed by atoms with van der Waals surface area (Å²) < 4.78 is 11.0. The van der Waals surface area contributed by atoms with Gasteiger partial charge in [0.2, 0.25) is 0 Å². The quantitative estimate of drug-likeness (QED) is 0.762. The normalized spacial score (nSPS) is 10.7. The number of ether oxygens (including phenoxy) is 2. The molecule has 0 radical (unpaired) electrons. The zero-order valence-electron chi connectivity index (χ0n) is 11.1. The zero-order valence-corrected chi connectivity index (χ0v) is 11.1. The molecule has 0 unspecified atom stereocenters. The van der Waals surface area contributed by atoms with Crippen LogP contribution in [0.2, 0.25) is 0 Å². The van der Waals surface area contributed by atoms with Crippen LogP contribution in [0, 0.1) is 0 Å². The van der Waals surface area contributed by atoms with Crippen LogP contribution >= 0.6 is 0 Å². The van der Waals surface area contributed by atoms with Gasteiger partial charge in [0.1, 0.15) is 12.4 Å². The first-order valence-corrected chi connectivity index (χ1v) is 6.33. The van der Waals surface area contributed by atoms with Crippen LogP contribution in [-0.4, -0.2) is 17.2 Å². The van der Waals surface area contributed by atoms with Gasteiger partial charge in [-0.05, 0) is 24.3 Å². The van der Waals surface area contributed by atoms with E-state index in [1.54, 1.807) is 13.2 Å². The SMILES string of the molecule is COc1ccccc1OCc1cc2cccc(O)c2[nH]1. The first-order chi connectivity index (χ1) is 9.78. The number of methoxy groups -OCH3 is 1. The molecule has 3 rings (SSSR count). The lowest BCUT2D eigenvalue weighted by Gasteiger charge is -2.09. The Kier molecular flexibility index (Phi) is 3.21. The van der Waals surface area contributed by atoms with E-state index in [-0.39, 0.29) is 5.75 Å². The summed E-state index contributed by atoms with van der Waals surface area (Å²) in [6.45, 7) is 0.383. The number of hydrogen-bond acceptors (Lipinski definition) is 3. The van der Waals surface area contributed by atoms with Crippen molar-refractivity contribution in [2.75, 3.05) is 7.11 Å². The Morgan fingerprint density at radius 1 is 1.05 bits per heavy atom. The van der Waals surface area contributed by atoms with Gasteiger partial charge in [-0.15, -0.1) is 0 Å². The standard InChI is InChI=1S/C16H15NO3/c1-19-14-7-2-3-8-15(14)20-10-12-9-11-5-4-6-13(18)16(11)17-12/h2-9,17-18H,10H2,1H3. The van der Waals surface area contributed by atoms with Gasteiger partial charge < -0.3 is 19.6 Å². The average molecular weight is 269 g/mol. The van der Waals surface area contributed by atoms with Crippen molar-refractivity contribution in [3.63, 3.8) is 0 Å². The van der Waals surface area contributed by atoms with E-state index in [2.05, 4.69) is 4.98 Å². The Morgan fingerprint density at radius 3 is 2.60 bits per heavy atom. The van der Waals surface area contributed by atoms with Gasteiger partial charge in [-0.3, -0.25) is 0 Å². The summed E-state index contributed by atoms with van der Waals surface area (Å²) >= 11 is 0. The van der Waals surface area contributed by atoms with E-state index >= 15 is 0 Å². The van der Waals surface area contributed by atoms with Gasteiger partial charge in [-0.25, -0.2) is 0 Å². The molecule has 4 heteroatoms. The van der Waals surface area contributed by atoms with E-state index in [1.165, 1.54) is 0 Å². The number of phenolic OH excluding ortho intramolecular Hbond substituents is 1. The van der Waals surface area contributed by atoms with Gasteiger partial charge >= 0.3 is 0 Å². The Morgan fingerprint density at radius 2 is 1.85 bits per heavy atom. The molecular formula is C16H15NO3. The number of benzene rings is 2. The number of nitrogens with one attached hydrogen (secondary N) is 1. The maximum atomic E-state index is 9.76. The molecule has 0 saturated heterocycles. The highest BCUT2D eigenvalue weighted by Crippen LogP contribution is 2.28. The van der Waals surface area contributed by atoms with Crippen molar-refractivity contribution in [3.05, 3.63) is 54.2 Å². The largest absolute Gasteiger partial charge is 0.506 e. The number of H-pyrrole nitrogens is 1. The molecule has 0 fully saturated rings. The summed E-state index contributed by atoms with van der Waals surface area (Å²) in [6.07, 6.45) is 0. The van der Waals surface area contributed by atoms with Crippen LogP contribution in [0.1, 0.15) is 5.69 Å². The van der Waals surface area contributed by atoms with Crippen LogP contribution in [0.5, 0.6) is 17.2 Å². The molecule has 3 aromatic rings. The minimum absolute atomic E-state index is 0.242. The topological polar surface area (TPSA) is 54.5 Å². The number of para-hydroxylation sites is 3. The number of aromatic nitrogens is 1. The molecule has 1 heterocycles. The lowest BCUT2D eigenvalue weighted by atomic mass is 10.2. The third kappa shape index (κ3) is 2.28. The fraction of sp³-hybridized carbons (Fsp3) is 0.125. The second kappa shape index (κ2) is 5.17. The maximum absolute atomic E-state index is 9.76. The Hall–Kier alpha value is -2.62. The van der Waals surface area contributed by atoms with Gasteiger partial charge in [0.05, 0.1) is 18.3 Å². The summed E-state index contributed by atoms with van der Waals surface area (Å²) in [5.41, 5.74) is 1.62. The first kappa shape index (κ1) is 12.4. The molecule has 0 bridgehead atoms. The maximum Gasteiger partial charge on any atom is 0.161 e. The third-order valence-corrected chi connectivity index (χ3v) is 3.14. The Bertz CT molecular complexity index is 733. The van der Waals surface area contributed by atoms with Crippen LogP contribution in [-0.2, 0) is 6.61 Å². The number of aromatic amines is 1. The van der Waals surface area contributed by atoms with E-state index in [0.717, 1.165) is 16.6 Å². The number of hydrogen-bond donors (Lipinski definition) is 2.